The monoisotopic (exact) mass is 184 g/mol. The molecule has 1 atom stereocenters. The number of aromatic nitrogens is 1. The third kappa shape index (κ3) is 2.29. The lowest BCUT2D eigenvalue weighted by molar-refractivity contribution is 0.634. The number of thiazole rings is 1. The first-order valence-electron chi connectivity index (χ1n) is 4.39. The van der Waals surface area contributed by atoms with Crippen LogP contribution in [-0.2, 0) is 6.42 Å². The lowest BCUT2D eigenvalue weighted by Gasteiger charge is -2.04. The van der Waals surface area contributed by atoms with Gasteiger partial charge < -0.3 is 5.32 Å². The Morgan fingerprint density at radius 2 is 2.42 bits per heavy atom. The number of nitrogens with zero attached hydrogens (tertiary/aromatic N) is 1. The van der Waals surface area contributed by atoms with E-state index in [2.05, 4.69) is 29.5 Å². The van der Waals surface area contributed by atoms with Gasteiger partial charge in [-0.05, 0) is 26.8 Å². The minimum Gasteiger partial charge on any atom is -0.312 e. The predicted molar refractivity (Wildman–Crippen MR) is 53.6 cm³/mol. The van der Waals surface area contributed by atoms with Gasteiger partial charge in [-0.25, -0.2) is 4.98 Å². The molecule has 0 saturated heterocycles. The maximum absolute atomic E-state index is 4.53. The van der Waals surface area contributed by atoms with Crippen molar-refractivity contribution in [3.05, 3.63) is 16.1 Å². The van der Waals surface area contributed by atoms with Crippen molar-refractivity contribution in [2.45, 2.75) is 32.7 Å². The number of nitrogens with one attached hydrogen (secondary N) is 1. The normalized spacial score (nSPS) is 13.2. The molecule has 1 heterocycles. The van der Waals surface area contributed by atoms with Crippen LogP contribution in [0.3, 0.4) is 0 Å². The predicted octanol–water partition coefficient (Wildman–Crippen LogP) is 2.38. The van der Waals surface area contributed by atoms with Gasteiger partial charge in [-0.15, -0.1) is 11.3 Å². The highest BCUT2D eigenvalue weighted by molar-refractivity contribution is 7.09. The van der Waals surface area contributed by atoms with E-state index in [1.165, 1.54) is 17.1 Å². The summed E-state index contributed by atoms with van der Waals surface area (Å²) in [7, 11) is 1.96. The minimum absolute atomic E-state index is 0.381. The largest absolute Gasteiger partial charge is 0.312 e. The Morgan fingerprint density at radius 1 is 1.67 bits per heavy atom. The molecule has 0 aliphatic rings. The van der Waals surface area contributed by atoms with Gasteiger partial charge in [-0.1, -0.05) is 6.92 Å². The molecule has 1 aromatic rings. The highest BCUT2D eigenvalue weighted by Gasteiger charge is 2.06. The average molecular weight is 184 g/mol. The van der Waals surface area contributed by atoms with E-state index in [9.17, 15) is 0 Å². The first kappa shape index (κ1) is 9.68. The van der Waals surface area contributed by atoms with E-state index in [1.807, 2.05) is 7.05 Å². The van der Waals surface area contributed by atoms with Crippen LogP contribution in [0.4, 0.5) is 0 Å². The molecule has 1 aromatic heterocycles. The van der Waals surface area contributed by atoms with E-state index < -0.39 is 0 Å². The maximum Gasteiger partial charge on any atom is 0.0928 e. The third-order valence-electron chi connectivity index (χ3n) is 1.91. The molecule has 12 heavy (non-hydrogen) atoms. The van der Waals surface area contributed by atoms with Crippen molar-refractivity contribution < 1.29 is 0 Å². The topological polar surface area (TPSA) is 24.9 Å². The molecule has 0 radical (unpaired) electrons. The van der Waals surface area contributed by atoms with Crippen LogP contribution in [0.1, 0.15) is 37.0 Å². The smallest absolute Gasteiger partial charge is 0.0928 e. The lowest BCUT2D eigenvalue weighted by Crippen LogP contribution is -2.12. The van der Waals surface area contributed by atoms with Crippen LogP contribution in [0.25, 0.3) is 0 Å². The van der Waals surface area contributed by atoms with Crippen LogP contribution in [0.15, 0.2) is 5.38 Å². The van der Waals surface area contributed by atoms with Crippen molar-refractivity contribution >= 4 is 11.3 Å². The fourth-order valence-electron chi connectivity index (χ4n) is 1.00. The fraction of sp³-hybridized carbons (Fsp3) is 0.667. The van der Waals surface area contributed by atoms with E-state index in [1.54, 1.807) is 11.3 Å². The van der Waals surface area contributed by atoms with Gasteiger partial charge in [-0.3, -0.25) is 0 Å². The van der Waals surface area contributed by atoms with E-state index in [4.69, 9.17) is 0 Å². The second-order valence-corrected chi connectivity index (χ2v) is 3.87. The second kappa shape index (κ2) is 4.58. The van der Waals surface area contributed by atoms with Crippen LogP contribution < -0.4 is 5.32 Å². The SMILES string of the molecule is CCCc1nc(C(C)NC)cs1. The van der Waals surface area contributed by atoms with Crippen LogP contribution in [0, 0.1) is 0 Å². The Labute approximate surface area is 78.0 Å². The summed E-state index contributed by atoms with van der Waals surface area (Å²) < 4.78 is 0. The number of rotatable bonds is 4. The Hall–Kier alpha value is -0.410. The molecule has 1 unspecified atom stereocenters. The van der Waals surface area contributed by atoms with E-state index >= 15 is 0 Å². The molecular formula is C9H16N2S. The zero-order valence-electron chi connectivity index (χ0n) is 7.92. The van der Waals surface area contributed by atoms with Crippen molar-refractivity contribution in [1.29, 1.82) is 0 Å². The summed E-state index contributed by atoms with van der Waals surface area (Å²) in [4.78, 5) is 4.53. The van der Waals surface area contributed by atoms with E-state index in [0.717, 1.165) is 6.42 Å². The van der Waals surface area contributed by atoms with Crippen molar-refractivity contribution in [3.8, 4) is 0 Å². The Balaban J connectivity index is 2.63. The molecule has 0 aliphatic carbocycles. The Morgan fingerprint density at radius 3 is 3.00 bits per heavy atom. The summed E-state index contributed by atoms with van der Waals surface area (Å²) in [6.07, 6.45) is 2.29. The van der Waals surface area contributed by atoms with Gasteiger partial charge in [0, 0.05) is 11.4 Å². The summed E-state index contributed by atoms with van der Waals surface area (Å²) in [6, 6.07) is 0.381. The first-order valence-corrected chi connectivity index (χ1v) is 5.27. The Bertz CT molecular complexity index is 232. The molecule has 1 rings (SSSR count). The van der Waals surface area contributed by atoms with Crippen molar-refractivity contribution in [2.24, 2.45) is 0 Å². The van der Waals surface area contributed by atoms with Crippen LogP contribution in [0.2, 0.25) is 0 Å². The van der Waals surface area contributed by atoms with Gasteiger partial charge in [0.2, 0.25) is 0 Å². The zero-order valence-corrected chi connectivity index (χ0v) is 8.74. The van der Waals surface area contributed by atoms with Crippen molar-refractivity contribution in [3.63, 3.8) is 0 Å². The summed E-state index contributed by atoms with van der Waals surface area (Å²) in [6.45, 7) is 4.31. The minimum atomic E-state index is 0.381. The zero-order chi connectivity index (χ0) is 8.97. The van der Waals surface area contributed by atoms with E-state index in [0.29, 0.717) is 6.04 Å². The van der Waals surface area contributed by atoms with Gasteiger partial charge in [0.05, 0.1) is 10.7 Å². The number of aryl methyl sites for hydroxylation is 1. The summed E-state index contributed by atoms with van der Waals surface area (Å²) in [5.74, 6) is 0. The number of hydrogen-bond donors (Lipinski definition) is 1. The molecular weight excluding hydrogens is 168 g/mol. The highest BCUT2D eigenvalue weighted by Crippen LogP contribution is 2.16. The molecule has 0 aromatic carbocycles. The van der Waals surface area contributed by atoms with Crippen LogP contribution in [-0.4, -0.2) is 12.0 Å². The van der Waals surface area contributed by atoms with Crippen molar-refractivity contribution in [1.82, 2.24) is 10.3 Å². The van der Waals surface area contributed by atoms with Gasteiger partial charge >= 0.3 is 0 Å². The summed E-state index contributed by atoms with van der Waals surface area (Å²) in [5.41, 5.74) is 1.17. The van der Waals surface area contributed by atoms with E-state index in [-0.39, 0.29) is 0 Å². The molecule has 0 aliphatic heterocycles. The maximum atomic E-state index is 4.53. The van der Waals surface area contributed by atoms with Gasteiger partial charge in [0.15, 0.2) is 0 Å². The molecule has 0 amide bonds. The molecule has 68 valence electrons. The average Bonchev–Trinajstić information content (AvgIpc) is 2.52. The first-order chi connectivity index (χ1) is 5.77. The Kier molecular flexibility index (Phi) is 3.69. The van der Waals surface area contributed by atoms with Crippen molar-refractivity contribution in [2.75, 3.05) is 7.05 Å². The lowest BCUT2D eigenvalue weighted by atomic mass is 10.3. The molecule has 1 N–H and O–H groups in total. The molecule has 0 saturated carbocycles. The molecule has 3 heteroatoms. The second-order valence-electron chi connectivity index (χ2n) is 2.93. The molecule has 0 fully saturated rings. The molecule has 0 spiro atoms. The summed E-state index contributed by atoms with van der Waals surface area (Å²) >= 11 is 1.77. The quantitative estimate of drug-likeness (QED) is 0.777. The van der Waals surface area contributed by atoms with Gasteiger partial charge in [0.1, 0.15) is 0 Å². The molecule has 0 bridgehead atoms. The fourth-order valence-corrected chi connectivity index (χ4v) is 1.99. The third-order valence-corrected chi connectivity index (χ3v) is 2.84. The van der Waals surface area contributed by atoms with Gasteiger partial charge in [0.25, 0.3) is 0 Å². The van der Waals surface area contributed by atoms with Gasteiger partial charge in [-0.2, -0.15) is 0 Å². The summed E-state index contributed by atoms with van der Waals surface area (Å²) in [5, 5.41) is 6.58. The number of hydrogen-bond acceptors (Lipinski definition) is 3. The van der Waals surface area contributed by atoms with Crippen LogP contribution >= 0.6 is 11.3 Å². The van der Waals surface area contributed by atoms with Crippen LogP contribution in [0.5, 0.6) is 0 Å². The molecule has 2 nitrogen and oxygen atoms in total. The standard InChI is InChI=1S/C9H16N2S/c1-4-5-9-11-8(6-12-9)7(2)10-3/h6-7,10H,4-5H2,1-3H3. The highest BCUT2D eigenvalue weighted by atomic mass is 32.1.